The smallest absolute Gasteiger partial charge is 0.150 e. The molecule has 0 amide bonds. The van der Waals surface area contributed by atoms with Crippen molar-refractivity contribution in [3.8, 4) is 0 Å². The summed E-state index contributed by atoms with van der Waals surface area (Å²) < 4.78 is 28.6. The van der Waals surface area contributed by atoms with Gasteiger partial charge in [-0.3, -0.25) is 0 Å². The summed E-state index contributed by atoms with van der Waals surface area (Å²) >= 11 is 0. The molecule has 100 valence electrons. The monoisotopic (exact) mass is 261 g/mol. The lowest BCUT2D eigenvalue weighted by Crippen LogP contribution is -2.51. The van der Waals surface area contributed by atoms with Gasteiger partial charge in [-0.05, 0) is 32.6 Å². The average Bonchev–Trinajstić information content (AvgIpc) is 2.64. The molecule has 0 bridgehead atoms. The molecule has 3 unspecified atom stereocenters. The average molecular weight is 261 g/mol. The minimum absolute atomic E-state index is 0.0457. The Morgan fingerprint density at radius 3 is 2.71 bits per heavy atom. The Morgan fingerprint density at radius 2 is 2.12 bits per heavy atom. The molecule has 0 aromatic heterocycles. The molecule has 1 saturated heterocycles. The molecule has 4 nitrogen and oxygen atoms in total. The quantitative estimate of drug-likeness (QED) is 0.827. The number of ether oxygens (including phenoxy) is 1. The minimum atomic E-state index is -2.88. The first-order chi connectivity index (χ1) is 7.89. The Morgan fingerprint density at radius 1 is 1.35 bits per heavy atom. The van der Waals surface area contributed by atoms with Crippen LogP contribution in [0.25, 0.3) is 0 Å². The Labute approximate surface area is 104 Å². The zero-order valence-electron chi connectivity index (χ0n) is 10.7. The van der Waals surface area contributed by atoms with Crippen molar-refractivity contribution in [2.24, 2.45) is 0 Å². The van der Waals surface area contributed by atoms with Crippen molar-refractivity contribution in [1.82, 2.24) is 5.32 Å². The molecule has 3 atom stereocenters. The van der Waals surface area contributed by atoms with E-state index in [4.69, 9.17) is 4.74 Å². The van der Waals surface area contributed by atoms with Crippen LogP contribution in [0.15, 0.2) is 0 Å². The molecule has 1 N–H and O–H groups in total. The largest absolute Gasteiger partial charge is 0.379 e. The van der Waals surface area contributed by atoms with E-state index >= 15 is 0 Å². The third-order valence-corrected chi connectivity index (χ3v) is 5.64. The van der Waals surface area contributed by atoms with E-state index in [1.54, 1.807) is 0 Å². The molecular weight excluding hydrogens is 238 g/mol. The minimum Gasteiger partial charge on any atom is -0.379 e. The highest BCUT2D eigenvalue weighted by atomic mass is 32.2. The summed E-state index contributed by atoms with van der Waals surface area (Å²) in [5.41, 5.74) is 0.0457. The third kappa shape index (κ3) is 3.42. The van der Waals surface area contributed by atoms with Crippen LogP contribution in [0.4, 0.5) is 0 Å². The van der Waals surface area contributed by atoms with E-state index in [2.05, 4.69) is 12.2 Å². The van der Waals surface area contributed by atoms with E-state index in [1.807, 2.05) is 0 Å². The lowest BCUT2D eigenvalue weighted by molar-refractivity contribution is 0.162. The highest BCUT2D eigenvalue weighted by Gasteiger charge is 2.35. The maximum Gasteiger partial charge on any atom is 0.150 e. The lowest BCUT2D eigenvalue weighted by atomic mass is 9.91. The summed E-state index contributed by atoms with van der Waals surface area (Å²) in [6, 6.07) is 0.329. The Balaban J connectivity index is 1.94. The standard InChI is InChI=1S/C12H23NO3S/c1-12(6-7-16-9-12)13-10-4-3-5-11(8-10)17(2,14)15/h10-11,13H,3-9H2,1-2H3. The molecule has 1 saturated carbocycles. The van der Waals surface area contributed by atoms with E-state index in [1.165, 1.54) is 6.26 Å². The molecule has 1 aliphatic carbocycles. The van der Waals surface area contributed by atoms with Gasteiger partial charge in [0, 0.05) is 24.4 Å². The van der Waals surface area contributed by atoms with Crippen LogP contribution >= 0.6 is 0 Å². The van der Waals surface area contributed by atoms with E-state index in [0.29, 0.717) is 6.04 Å². The van der Waals surface area contributed by atoms with Crippen LogP contribution in [0.3, 0.4) is 0 Å². The molecule has 1 aliphatic heterocycles. The zero-order chi connectivity index (χ0) is 12.5. The fourth-order valence-corrected chi connectivity index (χ4v) is 4.12. The van der Waals surface area contributed by atoms with Gasteiger partial charge in [-0.25, -0.2) is 8.42 Å². The predicted molar refractivity (Wildman–Crippen MR) is 67.9 cm³/mol. The van der Waals surface area contributed by atoms with Crippen molar-refractivity contribution in [2.45, 2.75) is 55.9 Å². The van der Waals surface area contributed by atoms with Crippen LogP contribution in [0.5, 0.6) is 0 Å². The van der Waals surface area contributed by atoms with Gasteiger partial charge in [0.1, 0.15) is 9.84 Å². The summed E-state index contributed by atoms with van der Waals surface area (Å²) in [6.45, 7) is 3.73. The fourth-order valence-electron chi connectivity index (χ4n) is 2.94. The number of sulfone groups is 1. The second-order valence-corrected chi connectivity index (χ2v) is 8.15. The third-order valence-electron chi connectivity index (χ3n) is 4.00. The van der Waals surface area contributed by atoms with Gasteiger partial charge in [0.25, 0.3) is 0 Å². The Kier molecular flexibility index (Phi) is 3.80. The molecule has 2 aliphatic rings. The van der Waals surface area contributed by atoms with Crippen molar-refractivity contribution in [3.63, 3.8) is 0 Å². The number of hydrogen-bond donors (Lipinski definition) is 1. The van der Waals surface area contributed by atoms with Gasteiger partial charge in [0.2, 0.25) is 0 Å². The van der Waals surface area contributed by atoms with E-state index in [0.717, 1.165) is 45.3 Å². The molecule has 2 fully saturated rings. The van der Waals surface area contributed by atoms with Gasteiger partial charge in [0.15, 0.2) is 0 Å². The van der Waals surface area contributed by atoms with Crippen molar-refractivity contribution in [3.05, 3.63) is 0 Å². The molecule has 2 rings (SSSR count). The van der Waals surface area contributed by atoms with Crippen molar-refractivity contribution < 1.29 is 13.2 Å². The highest BCUT2D eigenvalue weighted by Crippen LogP contribution is 2.27. The SMILES string of the molecule is CC1(NC2CCCC(S(C)(=O)=O)C2)CCOC1. The van der Waals surface area contributed by atoms with Gasteiger partial charge >= 0.3 is 0 Å². The maximum absolute atomic E-state index is 11.6. The molecule has 0 aromatic rings. The van der Waals surface area contributed by atoms with Crippen LogP contribution in [-0.2, 0) is 14.6 Å². The van der Waals surface area contributed by atoms with E-state index < -0.39 is 9.84 Å². The molecule has 0 radical (unpaired) electrons. The van der Waals surface area contributed by atoms with Crippen LogP contribution in [0, 0.1) is 0 Å². The van der Waals surface area contributed by atoms with E-state index in [9.17, 15) is 8.42 Å². The Bertz CT molecular complexity index is 360. The predicted octanol–water partition coefficient (Wildman–Crippen LogP) is 1.11. The first-order valence-corrected chi connectivity index (χ1v) is 8.39. The fraction of sp³-hybridized carbons (Fsp3) is 1.00. The molecule has 0 aromatic carbocycles. The second kappa shape index (κ2) is 4.86. The number of nitrogens with one attached hydrogen (secondary N) is 1. The summed E-state index contributed by atoms with van der Waals surface area (Å²) in [7, 11) is -2.88. The first kappa shape index (κ1) is 13.3. The summed E-state index contributed by atoms with van der Waals surface area (Å²) in [5, 5.41) is 3.45. The van der Waals surface area contributed by atoms with Gasteiger partial charge in [-0.2, -0.15) is 0 Å². The normalized spacial score (nSPS) is 39.4. The molecule has 17 heavy (non-hydrogen) atoms. The summed E-state index contributed by atoms with van der Waals surface area (Å²) in [5.74, 6) is 0. The first-order valence-electron chi connectivity index (χ1n) is 6.43. The topological polar surface area (TPSA) is 55.4 Å². The van der Waals surface area contributed by atoms with Crippen LogP contribution in [-0.4, -0.2) is 44.7 Å². The molecule has 0 spiro atoms. The Hall–Kier alpha value is -0.130. The number of rotatable bonds is 3. The summed E-state index contributed by atoms with van der Waals surface area (Å²) in [6.07, 6.45) is 6.06. The highest BCUT2D eigenvalue weighted by molar-refractivity contribution is 7.91. The van der Waals surface area contributed by atoms with Crippen molar-refractivity contribution in [1.29, 1.82) is 0 Å². The van der Waals surface area contributed by atoms with Crippen LogP contribution in [0.2, 0.25) is 0 Å². The summed E-state index contributed by atoms with van der Waals surface area (Å²) in [4.78, 5) is 0. The van der Waals surface area contributed by atoms with Gasteiger partial charge < -0.3 is 10.1 Å². The molecular formula is C12H23NO3S. The van der Waals surface area contributed by atoms with Crippen LogP contribution in [0.1, 0.15) is 39.0 Å². The lowest BCUT2D eigenvalue weighted by Gasteiger charge is -2.35. The van der Waals surface area contributed by atoms with E-state index in [-0.39, 0.29) is 10.8 Å². The second-order valence-electron chi connectivity index (χ2n) is 5.82. The zero-order valence-corrected chi connectivity index (χ0v) is 11.6. The van der Waals surface area contributed by atoms with Gasteiger partial charge in [-0.1, -0.05) is 6.42 Å². The van der Waals surface area contributed by atoms with Gasteiger partial charge in [0.05, 0.1) is 11.9 Å². The molecule has 1 heterocycles. The maximum atomic E-state index is 11.6. The molecule has 5 heteroatoms. The van der Waals surface area contributed by atoms with Crippen molar-refractivity contribution in [2.75, 3.05) is 19.5 Å². The van der Waals surface area contributed by atoms with Crippen LogP contribution < -0.4 is 5.32 Å². The number of hydrogen-bond acceptors (Lipinski definition) is 4. The van der Waals surface area contributed by atoms with Crippen molar-refractivity contribution >= 4 is 9.84 Å². The van der Waals surface area contributed by atoms with Gasteiger partial charge in [-0.15, -0.1) is 0 Å².